The zero-order valence-electron chi connectivity index (χ0n) is 30.7. The van der Waals surface area contributed by atoms with Crippen molar-refractivity contribution in [2.45, 2.75) is 76.0 Å². The van der Waals surface area contributed by atoms with Gasteiger partial charge in [0.2, 0.25) is 5.91 Å². The minimum atomic E-state index is -0.381. The SMILES string of the molecule is N#Cc1ccc(OC2CCC(NC(=O)c3cnc(N4CCC(CN5CCC(n6ncc7c(N8CCC(=O)NC8=O)cccc76)CC5)CC4)cn3)CC2)cc1Cl. The summed E-state index contributed by atoms with van der Waals surface area (Å²) >= 11 is 6.15. The van der Waals surface area contributed by atoms with Crippen molar-refractivity contribution in [3.8, 4) is 11.8 Å². The number of amides is 4. The maximum atomic E-state index is 13.0. The summed E-state index contributed by atoms with van der Waals surface area (Å²) in [5.74, 6) is 1.62. The molecule has 286 valence electrons. The number of likely N-dealkylation sites (tertiary alicyclic amines) is 1. The van der Waals surface area contributed by atoms with Crippen LogP contribution in [0, 0.1) is 17.2 Å². The third kappa shape index (κ3) is 8.23. The molecule has 4 fully saturated rings. The number of imide groups is 1. The number of halogens is 1. The first-order valence-electron chi connectivity index (χ1n) is 19.4. The average Bonchev–Trinajstić information content (AvgIpc) is 3.64. The minimum Gasteiger partial charge on any atom is -0.490 e. The molecule has 8 rings (SSSR count). The van der Waals surface area contributed by atoms with Crippen LogP contribution in [-0.2, 0) is 4.79 Å². The summed E-state index contributed by atoms with van der Waals surface area (Å²) in [6, 6.07) is 13.1. The second kappa shape index (κ2) is 16.2. The van der Waals surface area contributed by atoms with E-state index in [0.717, 1.165) is 106 Å². The van der Waals surface area contributed by atoms with Crippen LogP contribution < -0.4 is 25.2 Å². The Morgan fingerprint density at radius 2 is 1.75 bits per heavy atom. The summed E-state index contributed by atoms with van der Waals surface area (Å²) in [4.78, 5) is 52.8. The Morgan fingerprint density at radius 1 is 0.945 bits per heavy atom. The van der Waals surface area contributed by atoms with Crippen LogP contribution in [0.2, 0.25) is 5.02 Å². The Hall–Kier alpha value is -5.26. The van der Waals surface area contributed by atoms with Crippen LogP contribution in [0.4, 0.5) is 16.3 Å². The molecule has 4 amide bonds. The number of aromatic nitrogens is 4. The van der Waals surface area contributed by atoms with Crippen molar-refractivity contribution in [1.82, 2.24) is 35.3 Å². The molecule has 0 spiro atoms. The molecule has 4 aliphatic rings. The monoisotopic (exact) mass is 764 g/mol. The molecule has 5 heterocycles. The van der Waals surface area contributed by atoms with Crippen molar-refractivity contribution in [1.29, 1.82) is 5.26 Å². The molecule has 14 nitrogen and oxygen atoms in total. The van der Waals surface area contributed by atoms with Crippen molar-refractivity contribution in [3.63, 3.8) is 0 Å². The highest BCUT2D eigenvalue weighted by Crippen LogP contribution is 2.33. The summed E-state index contributed by atoms with van der Waals surface area (Å²) in [6.07, 6.45) is 12.9. The number of carbonyl (C=O) groups excluding carboxylic acids is 3. The van der Waals surface area contributed by atoms with E-state index < -0.39 is 0 Å². The molecule has 2 aromatic heterocycles. The van der Waals surface area contributed by atoms with E-state index in [2.05, 4.69) is 47.2 Å². The first-order chi connectivity index (χ1) is 26.8. The summed E-state index contributed by atoms with van der Waals surface area (Å²) in [7, 11) is 0. The Balaban J connectivity index is 0.760. The number of piperidine rings is 2. The number of rotatable bonds is 9. The molecule has 0 unspecified atom stereocenters. The molecular formula is C40H45ClN10O4. The van der Waals surface area contributed by atoms with Gasteiger partial charge in [-0.2, -0.15) is 10.4 Å². The molecule has 15 heteroatoms. The number of nitrogens with zero attached hydrogens (tertiary/aromatic N) is 8. The number of urea groups is 1. The van der Waals surface area contributed by atoms with Gasteiger partial charge in [-0.05, 0) is 81.5 Å². The van der Waals surface area contributed by atoms with E-state index in [-0.39, 0.29) is 36.4 Å². The van der Waals surface area contributed by atoms with E-state index in [0.29, 0.717) is 40.5 Å². The molecule has 55 heavy (non-hydrogen) atoms. The van der Waals surface area contributed by atoms with Crippen LogP contribution >= 0.6 is 11.6 Å². The number of nitrogens with one attached hydrogen (secondary N) is 2. The number of benzene rings is 2. The summed E-state index contributed by atoms with van der Waals surface area (Å²) in [5, 5.41) is 20.7. The average molecular weight is 765 g/mol. The molecule has 3 saturated heterocycles. The molecule has 4 aromatic rings. The fraction of sp³-hybridized carbons (Fsp3) is 0.475. The predicted molar refractivity (Wildman–Crippen MR) is 207 cm³/mol. The van der Waals surface area contributed by atoms with Gasteiger partial charge in [-0.3, -0.25) is 24.5 Å². The first kappa shape index (κ1) is 36.7. The number of nitriles is 1. The van der Waals surface area contributed by atoms with E-state index in [4.69, 9.17) is 26.7 Å². The van der Waals surface area contributed by atoms with Crippen molar-refractivity contribution in [2.75, 3.05) is 49.1 Å². The first-order valence-corrected chi connectivity index (χ1v) is 19.7. The third-order valence-corrected chi connectivity index (χ3v) is 11.9. The zero-order valence-corrected chi connectivity index (χ0v) is 31.5. The van der Waals surface area contributed by atoms with Crippen LogP contribution in [0.1, 0.15) is 79.9 Å². The second-order valence-electron chi connectivity index (χ2n) is 15.1. The van der Waals surface area contributed by atoms with Crippen LogP contribution in [0.25, 0.3) is 10.9 Å². The number of hydrogen-bond acceptors (Lipinski definition) is 10. The van der Waals surface area contributed by atoms with Gasteiger partial charge < -0.3 is 19.9 Å². The summed E-state index contributed by atoms with van der Waals surface area (Å²) < 4.78 is 8.21. The van der Waals surface area contributed by atoms with Crippen LogP contribution in [0.15, 0.2) is 55.0 Å². The molecule has 2 N–H and O–H groups in total. The highest BCUT2D eigenvalue weighted by molar-refractivity contribution is 6.31. The third-order valence-electron chi connectivity index (χ3n) is 11.6. The lowest BCUT2D eigenvalue weighted by molar-refractivity contribution is -0.120. The number of hydrogen-bond donors (Lipinski definition) is 2. The van der Waals surface area contributed by atoms with Gasteiger partial charge in [0.15, 0.2) is 0 Å². The Morgan fingerprint density at radius 3 is 2.45 bits per heavy atom. The van der Waals surface area contributed by atoms with Crippen LogP contribution in [0.5, 0.6) is 5.75 Å². The van der Waals surface area contributed by atoms with Gasteiger partial charge in [0, 0.05) is 63.2 Å². The van der Waals surface area contributed by atoms with Crippen molar-refractivity contribution in [3.05, 3.63) is 71.3 Å². The molecule has 3 aliphatic heterocycles. The van der Waals surface area contributed by atoms with Gasteiger partial charge in [-0.15, -0.1) is 0 Å². The lowest BCUT2D eigenvalue weighted by Gasteiger charge is -2.38. The zero-order chi connectivity index (χ0) is 37.9. The number of anilines is 2. The summed E-state index contributed by atoms with van der Waals surface area (Å²) in [5.41, 5.74) is 2.55. The second-order valence-corrected chi connectivity index (χ2v) is 15.5. The molecule has 1 saturated carbocycles. The van der Waals surface area contributed by atoms with Gasteiger partial charge in [-0.1, -0.05) is 17.7 Å². The van der Waals surface area contributed by atoms with Crippen molar-refractivity contribution in [2.24, 2.45) is 5.92 Å². The maximum absolute atomic E-state index is 13.0. The number of carbonyl (C=O) groups is 3. The summed E-state index contributed by atoms with van der Waals surface area (Å²) in [6.45, 7) is 5.29. The number of ether oxygens (including phenoxy) is 1. The van der Waals surface area contributed by atoms with Crippen molar-refractivity contribution >= 4 is 51.9 Å². The van der Waals surface area contributed by atoms with E-state index in [1.165, 1.54) is 0 Å². The molecule has 0 bridgehead atoms. The van der Waals surface area contributed by atoms with Crippen LogP contribution in [-0.4, -0.2) is 93.9 Å². The van der Waals surface area contributed by atoms with Crippen LogP contribution in [0.3, 0.4) is 0 Å². The minimum absolute atomic E-state index is 0.0328. The number of fused-ring (bicyclic) bond motifs is 1. The van der Waals surface area contributed by atoms with Gasteiger partial charge in [-0.25, -0.2) is 14.8 Å². The Kier molecular flexibility index (Phi) is 10.8. The van der Waals surface area contributed by atoms with Gasteiger partial charge in [0.25, 0.3) is 5.91 Å². The topological polar surface area (TPSA) is 162 Å². The fourth-order valence-electron chi connectivity index (χ4n) is 8.47. The largest absolute Gasteiger partial charge is 0.490 e. The Bertz CT molecular complexity index is 2080. The van der Waals surface area contributed by atoms with E-state index in [1.807, 2.05) is 18.3 Å². The standard InChI is InChI=1S/C40H45ClN10O4/c41-33-20-31(7-4-27(33)21-42)55-30-8-5-28(6-9-30)46-39(53)34-23-44-37(24-43-34)49-17-10-26(11-18-49)25-48-15-12-29(13-16-48)51-36-3-1-2-35(32(36)22-45-51)50-19-14-38(52)47-40(50)54/h1-4,7,20,22-24,26,28-30H,5-6,8-19,25H2,(H,46,53)(H,47,52,54). The lowest BCUT2D eigenvalue weighted by Crippen LogP contribution is -2.49. The van der Waals surface area contributed by atoms with Gasteiger partial charge >= 0.3 is 6.03 Å². The predicted octanol–water partition coefficient (Wildman–Crippen LogP) is 5.47. The molecular weight excluding hydrogens is 720 g/mol. The van der Waals surface area contributed by atoms with E-state index in [9.17, 15) is 14.4 Å². The highest BCUT2D eigenvalue weighted by Gasteiger charge is 2.30. The quantitative estimate of drug-likeness (QED) is 0.224. The maximum Gasteiger partial charge on any atom is 0.328 e. The molecule has 1 aliphatic carbocycles. The smallest absolute Gasteiger partial charge is 0.328 e. The Labute approximate surface area is 324 Å². The molecule has 0 radical (unpaired) electrons. The normalized spacial score (nSPS) is 21.7. The van der Waals surface area contributed by atoms with Gasteiger partial charge in [0.1, 0.15) is 23.3 Å². The van der Waals surface area contributed by atoms with Gasteiger partial charge in [0.05, 0.1) is 52.5 Å². The van der Waals surface area contributed by atoms with E-state index >= 15 is 0 Å². The molecule has 2 aromatic carbocycles. The van der Waals surface area contributed by atoms with Crippen molar-refractivity contribution < 1.29 is 19.1 Å². The molecule has 0 atom stereocenters. The van der Waals surface area contributed by atoms with E-state index in [1.54, 1.807) is 35.5 Å². The highest BCUT2D eigenvalue weighted by atomic mass is 35.5. The lowest BCUT2D eigenvalue weighted by atomic mass is 9.93. The fourth-order valence-corrected chi connectivity index (χ4v) is 8.68.